The van der Waals surface area contributed by atoms with Gasteiger partial charge in [-0.05, 0) is 23.3 Å². The first kappa shape index (κ1) is 15.6. The molecule has 0 radical (unpaired) electrons. The van der Waals surface area contributed by atoms with E-state index in [0.717, 1.165) is 20.9 Å². The van der Waals surface area contributed by atoms with Gasteiger partial charge < -0.3 is 10.4 Å². The molecule has 0 fully saturated rings. The van der Waals surface area contributed by atoms with Crippen LogP contribution in [0.3, 0.4) is 0 Å². The van der Waals surface area contributed by atoms with E-state index >= 15 is 0 Å². The van der Waals surface area contributed by atoms with Crippen molar-refractivity contribution >= 4 is 33.6 Å². The zero-order valence-corrected chi connectivity index (χ0v) is 14.3. The highest BCUT2D eigenvalue weighted by Gasteiger charge is 2.35. The monoisotopic (exact) mass is 377 g/mol. The standard InChI is InChI=1S/C17H16BrNO2S/c18-10-16(20)19-11-17(21)9-12-5-1-3-7-14(12)22-15-8-4-2-6-13(15)17/h1-8,21H,9-11H2,(H,19,20). The number of carbonyl (C=O) groups is 1. The Morgan fingerprint density at radius 1 is 1.18 bits per heavy atom. The lowest BCUT2D eigenvalue weighted by atomic mass is 9.87. The number of rotatable bonds is 3. The van der Waals surface area contributed by atoms with Crippen LogP contribution in [0.4, 0.5) is 0 Å². The van der Waals surface area contributed by atoms with Gasteiger partial charge in [-0.25, -0.2) is 0 Å². The number of carbonyl (C=O) groups excluding carboxylic acids is 1. The predicted molar refractivity (Wildman–Crippen MR) is 91.4 cm³/mol. The lowest BCUT2D eigenvalue weighted by Crippen LogP contribution is -2.42. The highest BCUT2D eigenvalue weighted by molar-refractivity contribution is 9.09. The molecule has 22 heavy (non-hydrogen) atoms. The van der Waals surface area contributed by atoms with Crippen molar-refractivity contribution in [3.8, 4) is 0 Å². The summed E-state index contributed by atoms with van der Waals surface area (Å²) < 4.78 is 0. The Kier molecular flexibility index (Phi) is 4.57. The zero-order chi connectivity index (χ0) is 15.6. The van der Waals surface area contributed by atoms with Crippen molar-refractivity contribution in [2.24, 2.45) is 0 Å². The third-order valence-electron chi connectivity index (χ3n) is 3.76. The highest BCUT2D eigenvalue weighted by atomic mass is 79.9. The zero-order valence-electron chi connectivity index (χ0n) is 11.9. The van der Waals surface area contributed by atoms with Gasteiger partial charge in [0.05, 0.1) is 11.9 Å². The molecule has 0 spiro atoms. The molecule has 3 rings (SSSR count). The fourth-order valence-electron chi connectivity index (χ4n) is 2.67. The number of benzene rings is 2. The fourth-order valence-corrected chi connectivity index (χ4v) is 4.04. The second kappa shape index (κ2) is 6.44. The van der Waals surface area contributed by atoms with Crippen LogP contribution in [0.15, 0.2) is 58.3 Å². The maximum absolute atomic E-state index is 11.6. The molecule has 3 nitrogen and oxygen atoms in total. The van der Waals surface area contributed by atoms with E-state index in [0.29, 0.717) is 6.42 Å². The van der Waals surface area contributed by atoms with Crippen molar-refractivity contribution in [3.05, 3.63) is 59.7 Å². The summed E-state index contributed by atoms with van der Waals surface area (Å²) in [6.07, 6.45) is 0.482. The molecule has 1 unspecified atom stereocenters. The maximum atomic E-state index is 11.6. The van der Waals surface area contributed by atoms with E-state index in [4.69, 9.17) is 0 Å². The van der Waals surface area contributed by atoms with Crippen molar-refractivity contribution in [1.29, 1.82) is 0 Å². The van der Waals surface area contributed by atoms with E-state index in [1.807, 2.05) is 42.5 Å². The Labute approximate surface area is 142 Å². The summed E-state index contributed by atoms with van der Waals surface area (Å²) in [6.45, 7) is 0.198. The molecule has 5 heteroatoms. The maximum Gasteiger partial charge on any atom is 0.230 e. The summed E-state index contributed by atoms with van der Waals surface area (Å²) in [6, 6.07) is 15.9. The van der Waals surface area contributed by atoms with Crippen LogP contribution in [-0.4, -0.2) is 22.9 Å². The summed E-state index contributed by atoms with van der Waals surface area (Å²) >= 11 is 4.80. The average molecular weight is 378 g/mol. The lowest BCUT2D eigenvalue weighted by molar-refractivity contribution is -0.119. The molecule has 114 valence electrons. The van der Waals surface area contributed by atoms with Gasteiger partial charge in [-0.3, -0.25) is 4.79 Å². The topological polar surface area (TPSA) is 49.3 Å². The summed E-state index contributed by atoms with van der Waals surface area (Å²) in [5, 5.41) is 14.3. The Bertz CT molecular complexity index is 707. The van der Waals surface area contributed by atoms with Gasteiger partial charge in [-0.2, -0.15) is 0 Å². The van der Waals surface area contributed by atoms with Crippen LogP contribution in [-0.2, 0) is 16.8 Å². The first-order chi connectivity index (χ1) is 10.6. The van der Waals surface area contributed by atoms with Gasteiger partial charge in [0.1, 0.15) is 5.60 Å². The second-order valence-corrected chi connectivity index (χ2v) is 6.97. The molecule has 1 atom stereocenters. The minimum Gasteiger partial charge on any atom is -0.383 e. The van der Waals surface area contributed by atoms with Crippen molar-refractivity contribution in [2.45, 2.75) is 21.8 Å². The third-order valence-corrected chi connectivity index (χ3v) is 5.47. The van der Waals surface area contributed by atoms with Gasteiger partial charge in [-0.15, -0.1) is 0 Å². The van der Waals surface area contributed by atoms with Crippen molar-refractivity contribution in [1.82, 2.24) is 5.32 Å². The molecule has 2 aromatic carbocycles. The Hall–Kier alpha value is -1.30. The number of fused-ring (bicyclic) bond motifs is 2. The summed E-state index contributed by atoms with van der Waals surface area (Å²) in [7, 11) is 0. The average Bonchev–Trinajstić information content (AvgIpc) is 2.67. The van der Waals surface area contributed by atoms with Gasteiger partial charge in [0, 0.05) is 16.2 Å². The van der Waals surface area contributed by atoms with Gasteiger partial charge in [0.15, 0.2) is 0 Å². The molecule has 1 aliphatic heterocycles. The summed E-state index contributed by atoms with van der Waals surface area (Å²) in [5.41, 5.74) is 0.860. The molecular formula is C17H16BrNO2S. The van der Waals surface area contributed by atoms with Crippen LogP contribution in [0.1, 0.15) is 11.1 Å². The van der Waals surface area contributed by atoms with Crippen LogP contribution in [0.2, 0.25) is 0 Å². The van der Waals surface area contributed by atoms with E-state index in [9.17, 15) is 9.90 Å². The molecular weight excluding hydrogens is 362 g/mol. The minimum atomic E-state index is -1.10. The van der Waals surface area contributed by atoms with E-state index in [1.165, 1.54) is 0 Å². The molecule has 0 aliphatic carbocycles. The van der Waals surface area contributed by atoms with Gasteiger partial charge >= 0.3 is 0 Å². The first-order valence-electron chi connectivity index (χ1n) is 7.03. The van der Waals surface area contributed by atoms with Gasteiger partial charge in [-0.1, -0.05) is 64.1 Å². The predicted octanol–water partition coefficient (Wildman–Crippen LogP) is 3.09. The molecule has 0 saturated heterocycles. The Morgan fingerprint density at radius 3 is 2.64 bits per heavy atom. The van der Waals surface area contributed by atoms with E-state index < -0.39 is 5.60 Å². The number of halogens is 1. The SMILES string of the molecule is O=C(CBr)NCC1(O)Cc2ccccc2Sc2ccccc21. The molecule has 2 aromatic rings. The van der Waals surface area contributed by atoms with Crippen LogP contribution in [0, 0.1) is 0 Å². The number of hydrogen-bond acceptors (Lipinski definition) is 3. The molecule has 1 heterocycles. The normalized spacial score (nSPS) is 19.7. The smallest absolute Gasteiger partial charge is 0.230 e. The number of amides is 1. The van der Waals surface area contributed by atoms with Crippen LogP contribution < -0.4 is 5.32 Å². The second-order valence-electron chi connectivity index (χ2n) is 5.32. The molecule has 0 aromatic heterocycles. The third kappa shape index (κ3) is 3.07. The van der Waals surface area contributed by atoms with Crippen molar-refractivity contribution in [3.63, 3.8) is 0 Å². The first-order valence-corrected chi connectivity index (χ1v) is 8.96. The van der Waals surface area contributed by atoms with E-state index in [2.05, 4.69) is 27.3 Å². The number of alkyl halides is 1. The quantitative estimate of drug-likeness (QED) is 0.808. The highest BCUT2D eigenvalue weighted by Crippen LogP contribution is 2.43. The molecule has 0 saturated carbocycles. The number of hydrogen-bond donors (Lipinski definition) is 2. The van der Waals surface area contributed by atoms with Crippen LogP contribution >= 0.6 is 27.7 Å². The molecule has 0 bridgehead atoms. The summed E-state index contributed by atoms with van der Waals surface area (Å²) in [4.78, 5) is 13.7. The van der Waals surface area contributed by atoms with E-state index in [-0.39, 0.29) is 17.8 Å². The van der Waals surface area contributed by atoms with Gasteiger partial charge in [0.2, 0.25) is 5.91 Å². The molecule has 1 amide bonds. The lowest BCUT2D eigenvalue weighted by Gasteiger charge is -2.29. The van der Waals surface area contributed by atoms with Crippen molar-refractivity contribution < 1.29 is 9.90 Å². The molecule has 2 N–H and O–H groups in total. The molecule has 1 aliphatic rings. The fraction of sp³-hybridized carbons (Fsp3) is 0.235. The van der Waals surface area contributed by atoms with Crippen LogP contribution in [0.5, 0.6) is 0 Å². The van der Waals surface area contributed by atoms with E-state index in [1.54, 1.807) is 11.8 Å². The largest absolute Gasteiger partial charge is 0.383 e. The Morgan fingerprint density at radius 2 is 1.86 bits per heavy atom. The minimum absolute atomic E-state index is 0.129. The Balaban J connectivity index is 2.02. The number of aliphatic hydroxyl groups is 1. The van der Waals surface area contributed by atoms with Gasteiger partial charge in [0.25, 0.3) is 0 Å². The van der Waals surface area contributed by atoms with Crippen LogP contribution in [0.25, 0.3) is 0 Å². The van der Waals surface area contributed by atoms with Crippen molar-refractivity contribution in [2.75, 3.05) is 11.9 Å². The summed E-state index contributed by atoms with van der Waals surface area (Å²) in [5.74, 6) is -0.129. The number of nitrogens with one attached hydrogen (secondary N) is 1.